The van der Waals surface area contributed by atoms with E-state index >= 15 is 0 Å². The van der Waals surface area contributed by atoms with Gasteiger partial charge >= 0.3 is 0 Å². The van der Waals surface area contributed by atoms with E-state index in [4.69, 9.17) is 5.73 Å². The fourth-order valence-electron chi connectivity index (χ4n) is 3.26. The molecule has 26 heavy (non-hydrogen) atoms. The Morgan fingerprint density at radius 3 is 2.62 bits per heavy atom. The van der Waals surface area contributed by atoms with E-state index in [1.54, 1.807) is 11.6 Å². The van der Waals surface area contributed by atoms with Gasteiger partial charge in [0, 0.05) is 38.4 Å². The van der Waals surface area contributed by atoms with E-state index in [2.05, 4.69) is 12.2 Å². The van der Waals surface area contributed by atoms with Crippen LogP contribution in [0, 0.1) is 5.92 Å². The fraction of sp³-hybridized carbons (Fsp3) is 0.722. The highest BCUT2D eigenvalue weighted by molar-refractivity contribution is 7.89. The van der Waals surface area contributed by atoms with Crippen molar-refractivity contribution >= 4 is 15.9 Å². The van der Waals surface area contributed by atoms with Crippen LogP contribution in [0.5, 0.6) is 0 Å². The summed E-state index contributed by atoms with van der Waals surface area (Å²) in [6.07, 6.45) is 4.93. The van der Waals surface area contributed by atoms with Crippen LogP contribution >= 0.6 is 0 Å². The lowest BCUT2D eigenvalue weighted by atomic mass is 9.94. The first kappa shape index (κ1) is 20.9. The van der Waals surface area contributed by atoms with Gasteiger partial charge in [-0.2, -0.15) is 4.31 Å². The minimum atomic E-state index is -3.57. The van der Waals surface area contributed by atoms with Gasteiger partial charge in [0.2, 0.25) is 10.0 Å². The van der Waals surface area contributed by atoms with Crippen molar-refractivity contribution in [1.29, 1.82) is 0 Å². The number of aryl methyl sites for hydroxylation is 1. The number of hydrogen-bond acceptors (Lipinski definition) is 4. The van der Waals surface area contributed by atoms with E-state index in [0.29, 0.717) is 31.2 Å². The molecular weight excluding hydrogens is 352 g/mol. The fourth-order valence-corrected chi connectivity index (χ4v) is 4.93. The first-order valence-corrected chi connectivity index (χ1v) is 10.8. The smallest absolute Gasteiger partial charge is 0.268 e. The molecule has 0 radical (unpaired) electrons. The molecule has 1 aromatic rings. The van der Waals surface area contributed by atoms with Crippen molar-refractivity contribution in [2.24, 2.45) is 18.7 Å². The Morgan fingerprint density at radius 2 is 2.04 bits per heavy atom. The van der Waals surface area contributed by atoms with E-state index in [1.807, 2.05) is 13.8 Å². The molecule has 1 aromatic heterocycles. The summed E-state index contributed by atoms with van der Waals surface area (Å²) in [5, 5.41) is 2.84. The number of nitrogens with one attached hydrogen (secondary N) is 1. The van der Waals surface area contributed by atoms with Crippen molar-refractivity contribution in [3.05, 3.63) is 18.0 Å². The van der Waals surface area contributed by atoms with E-state index < -0.39 is 15.6 Å². The van der Waals surface area contributed by atoms with Crippen LogP contribution < -0.4 is 11.1 Å². The summed E-state index contributed by atoms with van der Waals surface area (Å²) in [5.74, 6) is 0.0449. The highest BCUT2D eigenvalue weighted by atomic mass is 32.2. The van der Waals surface area contributed by atoms with Gasteiger partial charge in [-0.15, -0.1) is 0 Å². The molecule has 8 heteroatoms. The van der Waals surface area contributed by atoms with Gasteiger partial charge in [0.25, 0.3) is 5.91 Å². The molecule has 0 aromatic carbocycles. The molecule has 2 heterocycles. The topological polar surface area (TPSA) is 97.4 Å². The number of sulfonamides is 1. The van der Waals surface area contributed by atoms with Gasteiger partial charge in [0.05, 0.1) is 0 Å². The number of carbonyl (C=O) groups is 1. The zero-order valence-electron chi connectivity index (χ0n) is 16.3. The second kappa shape index (κ2) is 8.10. The lowest BCUT2D eigenvalue weighted by Gasteiger charge is -2.29. The molecule has 148 valence electrons. The Balaban J connectivity index is 2.16. The highest BCUT2D eigenvalue weighted by Crippen LogP contribution is 2.24. The van der Waals surface area contributed by atoms with Gasteiger partial charge in [-0.1, -0.05) is 20.8 Å². The third kappa shape index (κ3) is 4.47. The van der Waals surface area contributed by atoms with Crippen LogP contribution in [0.1, 0.15) is 56.9 Å². The van der Waals surface area contributed by atoms with Crippen LogP contribution in [-0.2, 0) is 17.1 Å². The predicted octanol–water partition coefficient (Wildman–Crippen LogP) is 1.69. The maximum Gasteiger partial charge on any atom is 0.268 e. The normalized spacial score (nSPS) is 19.5. The molecular formula is C18H32N4O3S. The largest absolute Gasteiger partial charge is 0.349 e. The van der Waals surface area contributed by atoms with Crippen LogP contribution in [-0.4, -0.2) is 48.4 Å². The summed E-state index contributed by atoms with van der Waals surface area (Å²) in [6, 6.07) is 1.46. The Kier molecular flexibility index (Phi) is 6.52. The van der Waals surface area contributed by atoms with Crippen molar-refractivity contribution in [1.82, 2.24) is 14.2 Å². The number of piperidine rings is 1. The van der Waals surface area contributed by atoms with Gasteiger partial charge in [0.15, 0.2) is 0 Å². The maximum atomic E-state index is 12.9. The number of hydrogen-bond donors (Lipinski definition) is 2. The second-order valence-corrected chi connectivity index (χ2v) is 9.47. The van der Waals surface area contributed by atoms with Crippen LogP contribution in [0.15, 0.2) is 17.2 Å². The lowest BCUT2D eigenvalue weighted by molar-refractivity contribution is 0.0934. The first-order valence-electron chi connectivity index (χ1n) is 9.36. The van der Waals surface area contributed by atoms with Crippen molar-refractivity contribution in [2.45, 2.75) is 56.9 Å². The highest BCUT2D eigenvalue weighted by Gasteiger charge is 2.31. The minimum Gasteiger partial charge on any atom is -0.349 e. The monoisotopic (exact) mass is 384 g/mol. The maximum absolute atomic E-state index is 12.9. The van der Waals surface area contributed by atoms with E-state index in [9.17, 15) is 13.2 Å². The minimum absolute atomic E-state index is 0.171. The molecule has 1 saturated heterocycles. The molecule has 1 fully saturated rings. The Labute approximate surface area is 157 Å². The SMILES string of the molecule is CCC(N)(CC)CNC(=O)c1cc(S(=O)(=O)N2CCCC(C)C2)cn1C. The van der Waals surface area contributed by atoms with Crippen molar-refractivity contribution in [3.8, 4) is 0 Å². The van der Waals surface area contributed by atoms with Gasteiger partial charge in [0.1, 0.15) is 10.6 Å². The quantitative estimate of drug-likeness (QED) is 0.747. The Hall–Kier alpha value is -1.38. The predicted molar refractivity (Wildman–Crippen MR) is 102 cm³/mol. The molecule has 0 aliphatic carbocycles. The molecule has 0 saturated carbocycles. The third-order valence-corrected chi connectivity index (χ3v) is 7.31. The second-order valence-electron chi connectivity index (χ2n) is 7.53. The van der Waals surface area contributed by atoms with Crippen LogP contribution in [0.25, 0.3) is 0 Å². The first-order chi connectivity index (χ1) is 12.1. The van der Waals surface area contributed by atoms with Crippen molar-refractivity contribution in [2.75, 3.05) is 19.6 Å². The van der Waals surface area contributed by atoms with Crippen LogP contribution in [0.2, 0.25) is 0 Å². The number of carbonyl (C=O) groups excluding carboxylic acids is 1. The van der Waals surface area contributed by atoms with Crippen LogP contribution in [0.3, 0.4) is 0 Å². The summed E-state index contributed by atoms with van der Waals surface area (Å²) in [5.41, 5.74) is 6.10. The molecule has 1 unspecified atom stereocenters. The van der Waals surface area contributed by atoms with E-state index in [1.165, 1.54) is 16.6 Å². The number of amides is 1. The van der Waals surface area contributed by atoms with E-state index in [0.717, 1.165) is 25.7 Å². The number of nitrogens with zero attached hydrogens (tertiary/aromatic N) is 2. The standard InChI is InChI=1S/C18H32N4O3S/c1-5-18(19,6-2)13-20-17(23)16-10-15(12-21(16)4)26(24,25)22-9-7-8-14(3)11-22/h10,12,14H,5-9,11,13,19H2,1-4H3,(H,20,23). The van der Waals surface area contributed by atoms with Crippen molar-refractivity contribution < 1.29 is 13.2 Å². The average Bonchev–Trinajstić information content (AvgIpc) is 3.02. The van der Waals surface area contributed by atoms with E-state index in [-0.39, 0.29) is 10.8 Å². The molecule has 0 spiro atoms. The van der Waals surface area contributed by atoms with Gasteiger partial charge in [-0.3, -0.25) is 4.79 Å². The molecule has 7 nitrogen and oxygen atoms in total. The summed E-state index contributed by atoms with van der Waals surface area (Å²) in [4.78, 5) is 12.7. The van der Waals surface area contributed by atoms with Gasteiger partial charge in [-0.25, -0.2) is 8.42 Å². The van der Waals surface area contributed by atoms with Gasteiger partial charge < -0.3 is 15.6 Å². The lowest BCUT2D eigenvalue weighted by Crippen LogP contribution is -2.49. The molecule has 0 bridgehead atoms. The number of aromatic nitrogens is 1. The van der Waals surface area contributed by atoms with Crippen LogP contribution in [0.4, 0.5) is 0 Å². The Bertz CT molecular complexity index is 738. The number of rotatable bonds is 7. The zero-order valence-corrected chi connectivity index (χ0v) is 17.1. The molecule has 1 amide bonds. The van der Waals surface area contributed by atoms with Gasteiger partial charge in [-0.05, 0) is 37.7 Å². The Morgan fingerprint density at radius 1 is 1.38 bits per heavy atom. The zero-order chi connectivity index (χ0) is 19.5. The molecule has 1 aliphatic rings. The summed E-state index contributed by atoms with van der Waals surface area (Å²) >= 11 is 0. The third-order valence-electron chi connectivity index (χ3n) is 5.48. The summed E-state index contributed by atoms with van der Waals surface area (Å²) < 4.78 is 28.9. The average molecular weight is 385 g/mol. The van der Waals surface area contributed by atoms with Crippen molar-refractivity contribution in [3.63, 3.8) is 0 Å². The molecule has 1 aliphatic heterocycles. The molecule has 1 atom stereocenters. The molecule has 2 rings (SSSR count). The summed E-state index contributed by atoms with van der Waals surface area (Å²) in [7, 11) is -1.89. The number of nitrogens with two attached hydrogens (primary N) is 1. The molecule has 3 N–H and O–H groups in total. The summed E-state index contributed by atoms with van der Waals surface area (Å²) in [6.45, 7) is 7.46.